The number of halogens is 2. The maximum absolute atomic E-state index is 13.4. The van der Waals surface area contributed by atoms with Crippen LogP contribution >= 0.6 is 11.3 Å². The van der Waals surface area contributed by atoms with Crippen LogP contribution in [0, 0.1) is 11.6 Å². The average molecular weight is 352 g/mol. The summed E-state index contributed by atoms with van der Waals surface area (Å²) < 4.78 is 26.4. The van der Waals surface area contributed by atoms with Crippen LogP contribution in [0.4, 0.5) is 8.78 Å². The highest BCUT2D eigenvalue weighted by Crippen LogP contribution is 2.18. The van der Waals surface area contributed by atoms with Crippen molar-refractivity contribution in [3.05, 3.63) is 57.8 Å². The van der Waals surface area contributed by atoms with Gasteiger partial charge in [-0.1, -0.05) is 12.1 Å². The second kappa shape index (κ2) is 8.54. The Morgan fingerprint density at radius 1 is 1.21 bits per heavy atom. The van der Waals surface area contributed by atoms with Gasteiger partial charge in [0, 0.05) is 18.3 Å². The van der Waals surface area contributed by atoms with Crippen molar-refractivity contribution in [2.75, 3.05) is 7.05 Å². The van der Waals surface area contributed by atoms with Crippen LogP contribution in [0.3, 0.4) is 0 Å². The van der Waals surface area contributed by atoms with Gasteiger partial charge in [0.1, 0.15) is 6.04 Å². The lowest BCUT2D eigenvalue weighted by Crippen LogP contribution is -2.39. The first-order chi connectivity index (χ1) is 11.5. The summed E-state index contributed by atoms with van der Waals surface area (Å²) in [5, 5.41) is 6.96. The number of nitrogens with one attached hydrogen (secondary N) is 2. The van der Waals surface area contributed by atoms with Crippen molar-refractivity contribution in [1.82, 2.24) is 10.6 Å². The van der Waals surface area contributed by atoms with E-state index in [1.807, 2.05) is 17.5 Å². The predicted molar refractivity (Wildman–Crippen MR) is 88.6 cm³/mol. The highest BCUT2D eigenvalue weighted by atomic mass is 32.1. The van der Waals surface area contributed by atoms with Gasteiger partial charge in [-0.2, -0.15) is 0 Å². The lowest BCUT2D eigenvalue weighted by atomic mass is 10.1. The average Bonchev–Trinajstić information content (AvgIpc) is 3.08. The number of likely N-dealkylation sites (N-methyl/N-ethyl adjacent to an activating group) is 1. The van der Waals surface area contributed by atoms with Crippen molar-refractivity contribution in [1.29, 1.82) is 0 Å². The Morgan fingerprint density at radius 3 is 2.62 bits per heavy atom. The zero-order valence-corrected chi connectivity index (χ0v) is 14.0. The molecular formula is C17H18F2N2O2S. The predicted octanol–water partition coefficient (Wildman–Crippen LogP) is 2.95. The molecule has 2 N–H and O–H groups in total. The van der Waals surface area contributed by atoms with Gasteiger partial charge in [-0.15, -0.1) is 11.3 Å². The fourth-order valence-electron chi connectivity index (χ4n) is 2.25. The first-order valence-corrected chi connectivity index (χ1v) is 8.37. The summed E-state index contributed by atoms with van der Waals surface area (Å²) in [6, 6.07) is 6.02. The second-order valence-electron chi connectivity index (χ2n) is 5.22. The van der Waals surface area contributed by atoms with E-state index in [1.54, 1.807) is 11.3 Å². The minimum Gasteiger partial charge on any atom is -0.357 e. The minimum atomic E-state index is -1.06. The van der Waals surface area contributed by atoms with E-state index in [-0.39, 0.29) is 17.9 Å². The van der Waals surface area contributed by atoms with Crippen LogP contribution in [-0.4, -0.2) is 18.9 Å². The molecule has 24 heavy (non-hydrogen) atoms. The summed E-state index contributed by atoms with van der Waals surface area (Å²) in [5.74, 6) is -2.87. The highest BCUT2D eigenvalue weighted by molar-refractivity contribution is 7.09. The van der Waals surface area contributed by atoms with Crippen LogP contribution in [-0.2, 0) is 16.0 Å². The van der Waals surface area contributed by atoms with Crippen molar-refractivity contribution in [2.45, 2.75) is 25.3 Å². The summed E-state index contributed by atoms with van der Waals surface area (Å²) in [7, 11) is 1.41. The van der Waals surface area contributed by atoms with Gasteiger partial charge < -0.3 is 10.6 Å². The third kappa shape index (κ3) is 4.86. The molecule has 2 rings (SSSR count). The molecule has 0 aliphatic carbocycles. The molecule has 0 bridgehead atoms. The number of amides is 2. The number of carbonyl (C=O) groups is 2. The van der Waals surface area contributed by atoms with Crippen LogP contribution < -0.4 is 10.6 Å². The molecule has 0 aliphatic rings. The fraction of sp³-hybridized carbons (Fsp3) is 0.294. The molecule has 2 aromatic rings. The topological polar surface area (TPSA) is 58.2 Å². The van der Waals surface area contributed by atoms with Crippen molar-refractivity contribution >= 4 is 23.2 Å². The number of carbonyl (C=O) groups excluding carboxylic acids is 2. The van der Waals surface area contributed by atoms with E-state index in [0.29, 0.717) is 6.42 Å². The Labute approximate surface area is 142 Å². The first-order valence-electron chi connectivity index (χ1n) is 7.49. The minimum absolute atomic E-state index is 0.194. The third-order valence-corrected chi connectivity index (χ3v) is 4.43. The summed E-state index contributed by atoms with van der Waals surface area (Å²) in [4.78, 5) is 25.2. The zero-order valence-electron chi connectivity index (χ0n) is 13.1. The molecule has 1 aromatic carbocycles. The molecule has 1 heterocycles. The maximum atomic E-state index is 13.4. The van der Waals surface area contributed by atoms with E-state index in [1.165, 1.54) is 18.0 Å². The molecule has 128 valence electrons. The Hall–Kier alpha value is -2.28. The van der Waals surface area contributed by atoms with E-state index in [9.17, 15) is 18.4 Å². The molecule has 0 fully saturated rings. The van der Waals surface area contributed by atoms with E-state index < -0.39 is 23.6 Å². The van der Waals surface area contributed by atoms with Crippen LogP contribution in [0.15, 0.2) is 35.7 Å². The summed E-state index contributed by atoms with van der Waals surface area (Å²) in [6.45, 7) is 0. The van der Waals surface area contributed by atoms with Crippen molar-refractivity contribution in [3.8, 4) is 0 Å². The molecule has 2 amide bonds. The van der Waals surface area contributed by atoms with Crippen LogP contribution in [0.2, 0.25) is 0 Å². The van der Waals surface area contributed by atoms with Gasteiger partial charge in [-0.25, -0.2) is 8.78 Å². The number of aryl methyl sites for hydroxylation is 1. The summed E-state index contributed by atoms with van der Waals surface area (Å²) >= 11 is 1.62. The molecule has 0 aliphatic heterocycles. The SMILES string of the molecule is CNC(=O)C(NC(=O)CCCc1cccs1)c1ccc(F)c(F)c1. The zero-order chi connectivity index (χ0) is 17.5. The summed E-state index contributed by atoms with van der Waals surface area (Å²) in [5.41, 5.74) is 0.194. The quantitative estimate of drug-likeness (QED) is 0.805. The van der Waals surface area contributed by atoms with Crippen molar-refractivity contribution in [3.63, 3.8) is 0 Å². The van der Waals surface area contributed by atoms with Gasteiger partial charge in [0.15, 0.2) is 11.6 Å². The molecular weight excluding hydrogens is 334 g/mol. The van der Waals surface area contributed by atoms with Crippen molar-refractivity contribution < 1.29 is 18.4 Å². The highest BCUT2D eigenvalue weighted by Gasteiger charge is 2.22. The van der Waals surface area contributed by atoms with E-state index in [2.05, 4.69) is 10.6 Å². The second-order valence-corrected chi connectivity index (χ2v) is 6.25. The summed E-state index contributed by atoms with van der Waals surface area (Å²) in [6.07, 6.45) is 1.67. The Morgan fingerprint density at radius 2 is 2.00 bits per heavy atom. The molecule has 0 saturated heterocycles. The Bertz CT molecular complexity index is 705. The standard InChI is InChI=1S/C17H18F2N2O2S/c1-20-17(23)16(11-7-8-13(18)14(19)10-11)21-15(22)6-2-4-12-5-3-9-24-12/h3,5,7-10,16H,2,4,6H2,1H3,(H,20,23)(H,21,22). The smallest absolute Gasteiger partial charge is 0.246 e. The van der Waals surface area contributed by atoms with Crippen LogP contribution in [0.1, 0.15) is 29.3 Å². The van der Waals surface area contributed by atoms with Gasteiger partial charge in [0.05, 0.1) is 0 Å². The van der Waals surface area contributed by atoms with Gasteiger partial charge in [0.25, 0.3) is 0 Å². The molecule has 1 atom stereocenters. The normalized spacial score (nSPS) is 11.8. The van der Waals surface area contributed by atoms with E-state index in [0.717, 1.165) is 18.6 Å². The molecule has 0 radical (unpaired) electrons. The lowest BCUT2D eigenvalue weighted by Gasteiger charge is -2.18. The third-order valence-electron chi connectivity index (χ3n) is 3.50. The lowest BCUT2D eigenvalue weighted by molar-refractivity contribution is -0.129. The molecule has 0 spiro atoms. The Kier molecular flexibility index (Phi) is 6.43. The molecule has 0 saturated carbocycles. The monoisotopic (exact) mass is 352 g/mol. The van der Waals surface area contributed by atoms with Crippen molar-refractivity contribution in [2.24, 2.45) is 0 Å². The number of thiophene rings is 1. The van der Waals surface area contributed by atoms with Gasteiger partial charge in [0.2, 0.25) is 11.8 Å². The molecule has 1 aromatic heterocycles. The molecule has 1 unspecified atom stereocenters. The largest absolute Gasteiger partial charge is 0.357 e. The van der Waals surface area contributed by atoms with Gasteiger partial charge in [-0.05, 0) is 42.0 Å². The van der Waals surface area contributed by atoms with Gasteiger partial charge >= 0.3 is 0 Å². The maximum Gasteiger partial charge on any atom is 0.246 e. The van der Waals surface area contributed by atoms with E-state index >= 15 is 0 Å². The van der Waals surface area contributed by atoms with Crippen LogP contribution in [0.25, 0.3) is 0 Å². The molecule has 4 nitrogen and oxygen atoms in total. The molecule has 7 heteroatoms. The Balaban J connectivity index is 1.98. The first kappa shape index (κ1) is 18.1. The van der Waals surface area contributed by atoms with E-state index in [4.69, 9.17) is 0 Å². The number of hydrogen-bond acceptors (Lipinski definition) is 3. The van der Waals surface area contributed by atoms with Gasteiger partial charge in [-0.3, -0.25) is 9.59 Å². The fourth-order valence-corrected chi connectivity index (χ4v) is 3.00. The number of benzene rings is 1. The van der Waals surface area contributed by atoms with Crippen LogP contribution in [0.5, 0.6) is 0 Å². The number of hydrogen-bond donors (Lipinski definition) is 2. The number of rotatable bonds is 7.